The van der Waals surface area contributed by atoms with Gasteiger partial charge in [-0.05, 0) is 12.8 Å². The van der Waals surface area contributed by atoms with E-state index in [1.807, 2.05) is 26.2 Å². The van der Waals surface area contributed by atoms with E-state index in [1.54, 1.807) is 16.2 Å². The standard InChI is InChI=1S/C14H21N3O3S/c1-4-9(2)12(13(18)19)17-6-5-16(14(17)20)7-11-8-21-10(3)15-11/h8-9,12H,4-7H2,1-3H3,(H,18,19)/t9-,12-/m0/s1. The molecule has 0 aromatic carbocycles. The SMILES string of the molecule is CC[C@H](C)[C@@H](C(=O)O)N1CCN(Cc2csc(C)n2)C1=O. The molecule has 6 nitrogen and oxygen atoms in total. The highest BCUT2D eigenvalue weighted by Crippen LogP contribution is 2.22. The zero-order valence-electron chi connectivity index (χ0n) is 12.6. The Morgan fingerprint density at radius 1 is 1.52 bits per heavy atom. The second kappa shape index (κ2) is 6.43. The Hall–Kier alpha value is -1.63. The maximum Gasteiger partial charge on any atom is 0.326 e. The van der Waals surface area contributed by atoms with Gasteiger partial charge in [-0.15, -0.1) is 11.3 Å². The second-order valence-electron chi connectivity index (χ2n) is 5.42. The minimum atomic E-state index is -0.927. The van der Waals surface area contributed by atoms with Crippen LogP contribution in [0.25, 0.3) is 0 Å². The lowest BCUT2D eigenvalue weighted by Gasteiger charge is -2.28. The van der Waals surface area contributed by atoms with Crippen molar-refractivity contribution in [3.8, 4) is 0 Å². The topological polar surface area (TPSA) is 73.7 Å². The first-order valence-electron chi connectivity index (χ1n) is 7.13. The number of rotatable bonds is 6. The second-order valence-corrected chi connectivity index (χ2v) is 6.49. The Balaban J connectivity index is 2.07. The number of carbonyl (C=O) groups excluding carboxylic acids is 1. The summed E-state index contributed by atoms with van der Waals surface area (Å²) in [5.41, 5.74) is 0.864. The van der Waals surface area contributed by atoms with Crippen molar-refractivity contribution in [3.05, 3.63) is 16.1 Å². The van der Waals surface area contributed by atoms with Crippen LogP contribution in [0.5, 0.6) is 0 Å². The Bertz CT molecular complexity index is 531. The first-order chi connectivity index (χ1) is 9.93. The van der Waals surface area contributed by atoms with Crippen LogP contribution in [-0.4, -0.2) is 51.0 Å². The molecule has 1 aromatic rings. The van der Waals surface area contributed by atoms with Crippen LogP contribution < -0.4 is 0 Å². The Morgan fingerprint density at radius 3 is 2.76 bits per heavy atom. The van der Waals surface area contributed by atoms with Crippen LogP contribution >= 0.6 is 11.3 Å². The zero-order valence-corrected chi connectivity index (χ0v) is 13.4. The van der Waals surface area contributed by atoms with Crippen molar-refractivity contribution in [2.45, 2.75) is 39.8 Å². The van der Waals surface area contributed by atoms with Crippen LogP contribution in [-0.2, 0) is 11.3 Å². The third kappa shape index (κ3) is 3.34. The molecule has 0 aliphatic carbocycles. The summed E-state index contributed by atoms with van der Waals surface area (Å²) >= 11 is 1.55. The van der Waals surface area contributed by atoms with E-state index in [1.165, 1.54) is 4.90 Å². The Kier molecular flexibility index (Phi) is 4.82. The van der Waals surface area contributed by atoms with Gasteiger partial charge in [0.05, 0.1) is 17.2 Å². The average Bonchev–Trinajstić information content (AvgIpc) is 2.99. The van der Waals surface area contributed by atoms with Gasteiger partial charge in [-0.1, -0.05) is 20.3 Å². The van der Waals surface area contributed by atoms with Crippen LogP contribution in [0.2, 0.25) is 0 Å². The fourth-order valence-corrected chi connectivity index (χ4v) is 3.19. The molecule has 21 heavy (non-hydrogen) atoms. The van der Waals surface area contributed by atoms with Gasteiger partial charge in [0.15, 0.2) is 0 Å². The van der Waals surface area contributed by atoms with Crippen LogP contribution in [0.4, 0.5) is 4.79 Å². The monoisotopic (exact) mass is 311 g/mol. The lowest BCUT2D eigenvalue weighted by molar-refractivity contribution is -0.143. The molecule has 1 saturated heterocycles. The van der Waals surface area contributed by atoms with E-state index in [0.717, 1.165) is 17.1 Å². The van der Waals surface area contributed by atoms with E-state index in [4.69, 9.17) is 0 Å². The van der Waals surface area contributed by atoms with Crippen LogP contribution in [0, 0.1) is 12.8 Å². The minimum absolute atomic E-state index is 0.0621. The van der Waals surface area contributed by atoms with E-state index in [9.17, 15) is 14.7 Å². The molecule has 1 N–H and O–H groups in total. The number of hydrogen-bond acceptors (Lipinski definition) is 4. The van der Waals surface area contributed by atoms with Crippen LogP contribution in [0.3, 0.4) is 0 Å². The van der Waals surface area contributed by atoms with E-state index in [0.29, 0.717) is 19.6 Å². The molecule has 1 fully saturated rings. The number of aromatic nitrogens is 1. The quantitative estimate of drug-likeness (QED) is 0.874. The van der Waals surface area contributed by atoms with Gasteiger partial charge >= 0.3 is 12.0 Å². The molecular weight excluding hydrogens is 290 g/mol. The molecule has 1 aliphatic heterocycles. The zero-order chi connectivity index (χ0) is 15.6. The van der Waals surface area contributed by atoms with Crippen molar-refractivity contribution in [2.75, 3.05) is 13.1 Å². The highest BCUT2D eigenvalue weighted by Gasteiger charge is 2.39. The van der Waals surface area contributed by atoms with Gasteiger partial charge in [0.2, 0.25) is 0 Å². The van der Waals surface area contributed by atoms with Crippen molar-refractivity contribution in [1.29, 1.82) is 0 Å². The van der Waals surface area contributed by atoms with E-state index in [2.05, 4.69) is 4.98 Å². The number of amides is 2. The molecular formula is C14H21N3O3S. The summed E-state index contributed by atoms with van der Waals surface area (Å²) in [6.45, 7) is 7.20. The molecule has 7 heteroatoms. The summed E-state index contributed by atoms with van der Waals surface area (Å²) in [6, 6.07) is -0.946. The minimum Gasteiger partial charge on any atom is -0.480 e. The van der Waals surface area contributed by atoms with Gasteiger partial charge in [-0.2, -0.15) is 0 Å². The summed E-state index contributed by atoms with van der Waals surface area (Å²) in [5, 5.41) is 12.3. The van der Waals surface area contributed by atoms with Crippen molar-refractivity contribution < 1.29 is 14.7 Å². The normalized spacial score (nSPS) is 18.1. The maximum atomic E-state index is 12.4. The van der Waals surface area contributed by atoms with Gasteiger partial charge in [0, 0.05) is 18.5 Å². The Morgan fingerprint density at radius 2 is 2.24 bits per heavy atom. The van der Waals surface area contributed by atoms with E-state index in [-0.39, 0.29) is 11.9 Å². The largest absolute Gasteiger partial charge is 0.480 e. The molecule has 0 radical (unpaired) electrons. The number of carbonyl (C=O) groups is 2. The molecule has 1 aromatic heterocycles. The first kappa shape index (κ1) is 15.8. The highest BCUT2D eigenvalue weighted by molar-refractivity contribution is 7.09. The van der Waals surface area contributed by atoms with E-state index >= 15 is 0 Å². The van der Waals surface area contributed by atoms with Gasteiger partial charge in [0.1, 0.15) is 6.04 Å². The molecule has 2 rings (SSSR count). The lowest BCUT2D eigenvalue weighted by atomic mass is 9.98. The van der Waals surface area contributed by atoms with Crippen molar-refractivity contribution in [2.24, 2.45) is 5.92 Å². The summed E-state index contributed by atoms with van der Waals surface area (Å²) in [6.07, 6.45) is 0.728. The molecule has 116 valence electrons. The summed E-state index contributed by atoms with van der Waals surface area (Å²) in [4.78, 5) is 31.4. The molecule has 0 spiro atoms. The molecule has 0 bridgehead atoms. The Labute approximate surface area is 128 Å². The number of aryl methyl sites for hydroxylation is 1. The molecule has 0 saturated carbocycles. The lowest BCUT2D eigenvalue weighted by Crippen LogP contribution is -2.47. The maximum absolute atomic E-state index is 12.4. The van der Waals surface area contributed by atoms with Gasteiger partial charge in [-0.25, -0.2) is 14.6 Å². The number of carboxylic acids is 1. The summed E-state index contributed by atoms with van der Waals surface area (Å²) < 4.78 is 0. The third-order valence-electron chi connectivity index (χ3n) is 3.92. The van der Waals surface area contributed by atoms with Gasteiger partial charge in [0.25, 0.3) is 0 Å². The summed E-state index contributed by atoms with van der Waals surface area (Å²) in [7, 11) is 0. The number of thiazole rings is 1. The fraction of sp³-hybridized carbons (Fsp3) is 0.643. The molecule has 2 amide bonds. The van der Waals surface area contributed by atoms with Crippen molar-refractivity contribution in [1.82, 2.24) is 14.8 Å². The molecule has 2 heterocycles. The van der Waals surface area contributed by atoms with Gasteiger partial charge < -0.3 is 14.9 Å². The van der Waals surface area contributed by atoms with Crippen molar-refractivity contribution in [3.63, 3.8) is 0 Å². The molecule has 1 aliphatic rings. The van der Waals surface area contributed by atoms with Crippen LogP contribution in [0.1, 0.15) is 31.0 Å². The number of carboxylic acid groups (broad SMARTS) is 1. The fourth-order valence-electron chi connectivity index (χ4n) is 2.59. The number of aliphatic carboxylic acids is 1. The average molecular weight is 311 g/mol. The smallest absolute Gasteiger partial charge is 0.326 e. The van der Waals surface area contributed by atoms with Crippen molar-refractivity contribution >= 4 is 23.3 Å². The first-order valence-corrected chi connectivity index (χ1v) is 8.01. The van der Waals surface area contributed by atoms with Crippen LogP contribution in [0.15, 0.2) is 5.38 Å². The number of urea groups is 1. The highest BCUT2D eigenvalue weighted by atomic mass is 32.1. The summed E-state index contributed by atoms with van der Waals surface area (Å²) in [5.74, 6) is -0.989. The van der Waals surface area contributed by atoms with E-state index < -0.39 is 12.0 Å². The predicted octanol–water partition coefficient (Wildman–Crippen LogP) is 2.19. The third-order valence-corrected chi connectivity index (χ3v) is 4.74. The number of hydrogen-bond donors (Lipinski definition) is 1. The predicted molar refractivity (Wildman–Crippen MR) is 80.2 cm³/mol. The molecule has 0 unspecified atom stereocenters. The number of nitrogens with zero attached hydrogens (tertiary/aromatic N) is 3. The van der Waals surface area contributed by atoms with Gasteiger partial charge in [-0.3, -0.25) is 0 Å². The molecule has 2 atom stereocenters.